The van der Waals surface area contributed by atoms with Crippen LogP contribution in [0.15, 0.2) is 4.52 Å². The number of likely N-dealkylation sites (tertiary alicyclic amines) is 1. The molecule has 2 rings (SSSR count). The standard InChI is InChI=1S/C13H20N4O4/c1-8(2)13(11(18)19)4-5-17(7-13)12(20)14-6-10-15-9(3)21-16-10/h8H,4-7H2,1-3H3,(H,14,20)(H,18,19). The van der Waals surface area contributed by atoms with E-state index in [0.29, 0.717) is 24.7 Å². The van der Waals surface area contributed by atoms with Crippen molar-refractivity contribution in [3.05, 3.63) is 11.7 Å². The zero-order valence-electron chi connectivity index (χ0n) is 12.4. The number of carbonyl (C=O) groups is 2. The van der Waals surface area contributed by atoms with Crippen molar-refractivity contribution in [2.75, 3.05) is 13.1 Å². The van der Waals surface area contributed by atoms with Crippen molar-refractivity contribution in [1.82, 2.24) is 20.4 Å². The van der Waals surface area contributed by atoms with Crippen LogP contribution in [0.1, 0.15) is 32.0 Å². The van der Waals surface area contributed by atoms with Crippen molar-refractivity contribution in [3.63, 3.8) is 0 Å². The zero-order valence-corrected chi connectivity index (χ0v) is 12.4. The van der Waals surface area contributed by atoms with Gasteiger partial charge >= 0.3 is 12.0 Å². The highest BCUT2D eigenvalue weighted by Crippen LogP contribution is 2.38. The van der Waals surface area contributed by atoms with E-state index in [9.17, 15) is 14.7 Å². The first-order valence-electron chi connectivity index (χ1n) is 6.90. The number of rotatable bonds is 4. The molecule has 0 aromatic carbocycles. The average Bonchev–Trinajstić information content (AvgIpc) is 3.03. The van der Waals surface area contributed by atoms with Gasteiger partial charge in [-0.05, 0) is 12.3 Å². The van der Waals surface area contributed by atoms with Gasteiger partial charge in [-0.3, -0.25) is 4.79 Å². The number of amides is 2. The van der Waals surface area contributed by atoms with Crippen LogP contribution in [0.25, 0.3) is 0 Å². The van der Waals surface area contributed by atoms with E-state index in [1.54, 1.807) is 6.92 Å². The Balaban J connectivity index is 1.94. The smallest absolute Gasteiger partial charge is 0.317 e. The maximum absolute atomic E-state index is 12.1. The van der Waals surface area contributed by atoms with Gasteiger partial charge in [0.25, 0.3) is 0 Å². The van der Waals surface area contributed by atoms with Crippen LogP contribution < -0.4 is 5.32 Å². The largest absolute Gasteiger partial charge is 0.481 e. The lowest BCUT2D eigenvalue weighted by Crippen LogP contribution is -2.43. The van der Waals surface area contributed by atoms with Crippen molar-refractivity contribution in [2.45, 2.75) is 33.7 Å². The number of carbonyl (C=O) groups excluding carboxylic acids is 1. The van der Waals surface area contributed by atoms with Crippen molar-refractivity contribution in [2.24, 2.45) is 11.3 Å². The highest BCUT2D eigenvalue weighted by molar-refractivity contribution is 5.80. The maximum atomic E-state index is 12.1. The first kappa shape index (κ1) is 15.3. The fraction of sp³-hybridized carbons (Fsp3) is 0.692. The molecule has 1 unspecified atom stereocenters. The van der Waals surface area contributed by atoms with Crippen LogP contribution in [-0.2, 0) is 11.3 Å². The quantitative estimate of drug-likeness (QED) is 0.858. The van der Waals surface area contributed by atoms with Crippen LogP contribution in [0.4, 0.5) is 4.79 Å². The number of carboxylic acid groups (broad SMARTS) is 1. The van der Waals surface area contributed by atoms with Gasteiger partial charge in [-0.15, -0.1) is 0 Å². The molecule has 1 aromatic rings. The van der Waals surface area contributed by atoms with E-state index in [1.165, 1.54) is 4.90 Å². The van der Waals surface area contributed by atoms with Gasteiger partial charge < -0.3 is 19.8 Å². The van der Waals surface area contributed by atoms with Crippen molar-refractivity contribution in [1.29, 1.82) is 0 Å². The van der Waals surface area contributed by atoms with E-state index in [0.717, 1.165) is 0 Å². The number of hydrogen-bond donors (Lipinski definition) is 2. The number of hydrogen-bond acceptors (Lipinski definition) is 5. The Bertz CT molecular complexity index is 542. The van der Waals surface area contributed by atoms with Crippen LogP contribution in [0.5, 0.6) is 0 Å². The third-order valence-electron chi connectivity index (χ3n) is 4.09. The van der Waals surface area contributed by atoms with Gasteiger partial charge in [0.2, 0.25) is 5.89 Å². The molecule has 0 bridgehead atoms. The summed E-state index contributed by atoms with van der Waals surface area (Å²) >= 11 is 0. The second kappa shape index (κ2) is 5.71. The summed E-state index contributed by atoms with van der Waals surface area (Å²) in [5, 5.41) is 15.8. The van der Waals surface area contributed by atoms with Crippen molar-refractivity contribution >= 4 is 12.0 Å². The number of carboxylic acids is 1. The molecule has 1 fully saturated rings. The first-order valence-corrected chi connectivity index (χ1v) is 6.90. The van der Waals surface area contributed by atoms with Gasteiger partial charge in [0.05, 0.1) is 12.0 Å². The number of nitrogens with one attached hydrogen (secondary N) is 1. The summed E-state index contributed by atoms with van der Waals surface area (Å²) in [7, 11) is 0. The minimum atomic E-state index is -0.861. The van der Waals surface area contributed by atoms with E-state index in [-0.39, 0.29) is 25.0 Å². The molecule has 1 aliphatic heterocycles. The van der Waals surface area contributed by atoms with E-state index in [1.807, 2.05) is 13.8 Å². The van der Waals surface area contributed by atoms with Gasteiger partial charge in [0.15, 0.2) is 5.82 Å². The molecular formula is C13H20N4O4. The fourth-order valence-corrected chi connectivity index (χ4v) is 2.58. The molecule has 2 N–H and O–H groups in total. The molecule has 2 heterocycles. The molecule has 1 atom stereocenters. The zero-order chi connectivity index (χ0) is 15.6. The normalized spacial score (nSPS) is 21.8. The van der Waals surface area contributed by atoms with Crippen LogP contribution >= 0.6 is 0 Å². The highest BCUT2D eigenvalue weighted by Gasteiger charge is 2.48. The second-order valence-electron chi connectivity index (χ2n) is 5.68. The summed E-state index contributed by atoms with van der Waals surface area (Å²) in [4.78, 5) is 29.1. The average molecular weight is 296 g/mol. The van der Waals surface area contributed by atoms with Gasteiger partial charge in [-0.2, -0.15) is 4.98 Å². The van der Waals surface area contributed by atoms with E-state index >= 15 is 0 Å². The van der Waals surface area contributed by atoms with Gasteiger partial charge in [0.1, 0.15) is 0 Å². The van der Waals surface area contributed by atoms with Crippen LogP contribution in [0, 0.1) is 18.3 Å². The van der Waals surface area contributed by atoms with Crippen molar-refractivity contribution < 1.29 is 19.2 Å². The molecule has 0 spiro atoms. The summed E-state index contributed by atoms with van der Waals surface area (Å²) in [6, 6.07) is -0.304. The Kier molecular flexibility index (Phi) is 4.15. The SMILES string of the molecule is Cc1nc(CNC(=O)N2CCC(C(=O)O)(C(C)C)C2)no1. The molecular weight excluding hydrogens is 276 g/mol. The van der Waals surface area contributed by atoms with Crippen LogP contribution in [-0.4, -0.2) is 45.2 Å². The molecule has 116 valence electrons. The molecule has 1 aromatic heterocycles. The van der Waals surface area contributed by atoms with Crippen molar-refractivity contribution in [3.8, 4) is 0 Å². The Labute approximate surface area is 122 Å². The Morgan fingerprint density at radius 3 is 2.71 bits per heavy atom. The molecule has 8 heteroatoms. The van der Waals surface area contributed by atoms with Gasteiger partial charge in [0, 0.05) is 20.0 Å². The van der Waals surface area contributed by atoms with E-state index in [4.69, 9.17) is 4.52 Å². The summed E-state index contributed by atoms with van der Waals surface area (Å²) < 4.78 is 4.81. The molecule has 0 saturated carbocycles. The molecule has 21 heavy (non-hydrogen) atoms. The maximum Gasteiger partial charge on any atom is 0.317 e. The fourth-order valence-electron chi connectivity index (χ4n) is 2.58. The summed E-state index contributed by atoms with van der Waals surface area (Å²) in [6.45, 7) is 6.23. The van der Waals surface area contributed by atoms with Crippen LogP contribution in [0.2, 0.25) is 0 Å². The van der Waals surface area contributed by atoms with Gasteiger partial charge in [-0.1, -0.05) is 19.0 Å². The molecule has 1 aliphatic rings. The third kappa shape index (κ3) is 2.98. The number of aliphatic carboxylic acids is 1. The number of nitrogens with zero attached hydrogens (tertiary/aromatic N) is 3. The summed E-state index contributed by atoms with van der Waals surface area (Å²) in [6.07, 6.45) is 0.467. The summed E-state index contributed by atoms with van der Waals surface area (Å²) in [5.74, 6) is -0.0484. The number of urea groups is 1. The monoisotopic (exact) mass is 296 g/mol. The Hall–Kier alpha value is -2.12. The molecule has 2 amide bonds. The lowest BCUT2D eigenvalue weighted by atomic mass is 9.76. The third-order valence-corrected chi connectivity index (χ3v) is 4.09. The minimum Gasteiger partial charge on any atom is -0.481 e. The Morgan fingerprint density at radius 2 is 2.24 bits per heavy atom. The van der Waals surface area contributed by atoms with Gasteiger partial charge in [-0.25, -0.2) is 4.79 Å². The molecule has 0 radical (unpaired) electrons. The topological polar surface area (TPSA) is 109 Å². The second-order valence-corrected chi connectivity index (χ2v) is 5.68. The molecule has 8 nitrogen and oxygen atoms in total. The Morgan fingerprint density at radius 1 is 1.52 bits per heavy atom. The lowest BCUT2D eigenvalue weighted by Gasteiger charge is -2.28. The number of aromatic nitrogens is 2. The lowest BCUT2D eigenvalue weighted by molar-refractivity contribution is -0.150. The number of aryl methyl sites for hydroxylation is 1. The van der Waals surface area contributed by atoms with E-state index < -0.39 is 11.4 Å². The minimum absolute atomic E-state index is 0.0346. The predicted molar refractivity (Wildman–Crippen MR) is 72.4 cm³/mol. The highest BCUT2D eigenvalue weighted by atomic mass is 16.5. The first-order chi connectivity index (χ1) is 9.85. The summed E-state index contributed by atoms with van der Waals surface area (Å²) in [5.41, 5.74) is -0.861. The molecule has 0 aliphatic carbocycles. The predicted octanol–water partition coefficient (Wildman–Crippen LogP) is 1.02. The molecule has 1 saturated heterocycles. The van der Waals surface area contributed by atoms with Crippen LogP contribution in [0.3, 0.4) is 0 Å². The van der Waals surface area contributed by atoms with E-state index in [2.05, 4.69) is 15.5 Å².